The molecule has 2 aromatic rings. The maximum Gasteiger partial charge on any atom is 0.258 e. The minimum Gasteiger partial charge on any atom is -0.508 e. The summed E-state index contributed by atoms with van der Waals surface area (Å²) in [7, 11) is 0. The maximum absolute atomic E-state index is 11.6. The molecule has 0 saturated heterocycles. The molecule has 0 amide bonds. The summed E-state index contributed by atoms with van der Waals surface area (Å²) in [4.78, 5) is 11.6. The highest BCUT2D eigenvalue weighted by molar-refractivity contribution is 9.10. The van der Waals surface area contributed by atoms with Gasteiger partial charge in [-0.05, 0) is 34.1 Å². The average Bonchev–Trinajstić information content (AvgIpc) is 2.20. The van der Waals surface area contributed by atoms with E-state index in [1.807, 2.05) is 24.3 Å². The van der Waals surface area contributed by atoms with Crippen LogP contribution in [0.2, 0.25) is 0 Å². The molecule has 0 unspecified atom stereocenters. The van der Waals surface area contributed by atoms with Crippen LogP contribution in [0.4, 0.5) is 0 Å². The van der Waals surface area contributed by atoms with Crippen molar-refractivity contribution in [2.75, 3.05) is 0 Å². The lowest BCUT2D eigenvalue weighted by Gasteiger charge is -2.07. The summed E-state index contributed by atoms with van der Waals surface area (Å²) in [5.41, 5.74) is 0.490. The predicted octanol–water partition coefficient (Wildman–Crippen LogP) is 2.31. The Morgan fingerprint density at radius 1 is 1.20 bits per heavy atom. The topological polar surface area (TPSA) is 42.2 Å². The zero-order chi connectivity index (χ0) is 10.8. The minimum absolute atomic E-state index is 0.0247. The van der Waals surface area contributed by atoms with Gasteiger partial charge in [-0.25, -0.2) is 0 Å². The van der Waals surface area contributed by atoms with Gasteiger partial charge in [0.25, 0.3) is 5.56 Å². The molecule has 2 rings (SSSR count). The van der Waals surface area contributed by atoms with Gasteiger partial charge >= 0.3 is 0 Å². The van der Waals surface area contributed by atoms with E-state index < -0.39 is 0 Å². The highest BCUT2D eigenvalue weighted by Crippen LogP contribution is 2.19. The predicted molar refractivity (Wildman–Crippen MR) is 61.4 cm³/mol. The number of nitrogens with zero attached hydrogens (tertiary/aromatic N) is 1. The van der Waals surface area contributed by atoms with E-state index in [-0.39, 0.29) is 11.3 Å². The first kappa shape index (κ1) is 9.98. The van der Waals surface area contributed by atoms with Gasteiger partial charge in [-0.2, -0.15) is 0 Å². The molecule has 1 heterocycles. The third-order valence-electron chi connectivity index (χ3n) is 2.02. The zero-order valence-electron chi connectivity index (χ0n) is 7.72. The molecule has 4 heteroatoms. The molecule has 1 N–H and O–H groups in total. The Hall–Kier alpha value is -1.55. The minimum atomic E-state index is -0.262. The van der Waals surface area contributed by atoms with Gasteiger partial charge in [-0.3, -0.25) is 9.36 Å². The number of aromatic nitrogens is 1. The maximum atomic E-state index is 11.6. The van der Waals surface area contributed by atoms with Crippen LogP contribution in [0.1, 0.15) is 0 Å². The molecule has 0 atom stereocenters. The van der Waals surface area contributed by atoms with Crippen LogP contribution in [0.25, 0.3) is 5.69 Å². The van der Waals surface area contributed by atoms with Crippen LogP contribution < -0.4 is 5.56 Å². The van der Waals surface area contributed by atoms with E-state index in [1.165, 1.54) is 22.9 Å². The summed E-state index contributed by atoms with van der Waals surface area (Å²) in [6.07, 6.45) is 1.54. The van der Waals surface area contributed by atoms with Gasteiger partial charge in [0.05, 0.1) is 5.69 Å². The Morgan fingerprint density at radius 3 is 2.60 bits per heavy atom. The van der Waals surface area contributed by atoms with Crippen molar-refractivity contribution in [1.29, 1.82) is 0 Å². The van der Waals surface area contributed by atoms with E-state index in [0.717, 1.165) is 10.2 Å². The molecular formula is C11H8BrNO2. The first-order valence-electron chi connectivity index (χ1n) is 4.35. The van der Waals surface area contributed by atoms with Crippen molar-refractivity contribution in [2.24, 2.45) is 0 Å². The number of pyridine rings is 1. The first-order valence-corrected chi connectivity index (χ1v) is 5.14. The van der Waals surface area contributed by atoms with Crippen LogP contribution in [0, 0.1) is 0 Å². The number of halogens is 1. The van der Waals surface area contributed by atoms with Crippen LogP contribution in [0.3, 0.4) is 0 Å². The van der Waals surface area contributed by atoms with Crippen LogP contribution >= 0.6 is 15.9 Å². The Balaban J connectivity index is 2.65. The Morgan fingerprint density at radius 2 is 1.93 bits per heavy atom. The van der Waals surface area contributed by atoms with Crippen molar-refractivity contribution in [3.05, 3.63) is 57.4 Å². The van der Waals surface area contributed by atoms with Gasteiger partial charge in [0.2, 0.25) is 0 Å². The molecule has 0 aliphatic rings. The van der Waals surface area contributed by atoms with Crippen molar-refractivity contribution in [3.8, 4) is 11.4 Å². The van der Waals surface area contributed by atoms with Crippen molar-refractivity contribution in [3.63, 3.8) is 0 Å². The lowest BCUT2D eigenvalue weighted by Crippen LogP contribution is -2.16. The summed E-state index contributed by atoms with van der Waals surface area (Å²) < 4.78 is 2.29. The highest BCUT2D eigenvalue weighted by atomic mass is 79.9. The van der Waals surface area contributed by atoms with Crippen LogP contribution in [-0.4, -0.2) is 9.67 Å². The fourth-order valence-corrected chi connectivity index (χ4v) is 1.79. The molecule has 0 radical (unpaired) electrons. The van der Waals surface area contributed by atoms with E-state index in [1.54, 1.807) is 0 Å². The number of hydrogen-bond acceptors (Lipinski definition) is 2. The smallest absolute Gasteiger partial charge is 0.258 e. The molecule has 0 saturated carbocycles. The number of hydrogen-bond donors (Lipinski definition) is 1. The molecule has 0 aliphatic heterocycles. The largest absolute Gasteiger partial charge is 0.508 e. The number of para-hydroxylation sites is 1. The van der Waals surface area contributed by atoms with Gasteiger partial charge in [0.15, 0.2) is 0 Å². The number of benzene rings is 1. The Bertz CT molecular complexity index is 548. The van der Waals surface area contributed by atoms with Crippen molar-refractivity contribution >= 4 is 15.9 Å². The third-order valence-corrected chi connectivity index (χ3v) is 2.69. The average molecular weight is 266 g/mol. The molecule has 76 valence electrons. The molecule has 1 aromatic heterocycles. The molecule has 15 heavy (non-hydrogen) atoms. The van der Waals surface area contributed by atoms with E-state index in [2.05, 4.69) is 15.9 Å². The van der Waals surface area contributed by atoms with Crippen molar-refractivity contribution in [1.82, 2.24) is 4.57 Å². The Labute approximate surface area is 94.7 Å². The lowest BCUT2D eigenvalue weighted by atomic mass is 10.3. The fraction of sp³-hybridized carbons (Fsp3) is 0. The third kappa shape index (κ3) is 1.94. The SMILES string of the molecule is O=c1cc(O)ccn1-c1ccccc1Br. The zero-order valence-corrected chi connectivity index (χ0v) is 9.31. The van der Waals surface area contributed by atoms with Gasteiger partial charge < -0.3 is 5.11 Å². The summed E-state index contributed by atoms with van der Waals surface area (Å²) in [5.74, 6) is -0.0247. The summed E-state index contributed by atoms with van der Waals surface area (Å²) in [6, 6.07) is 10.1. The van der Waals surface area contributed by atoms with Crippen molar-refractivity contribution < 1.29 is 5.11 Å². The molecule has 0 bridgehead atoms. The fourth-order valence-electron chi connectivity index (χ4n) is 1.31. The summed E-state index contributed by atoms with van der Waals surface area (Å²) >= 11 is 3.36. The second-order valence-electron chi connectivity index (χ2n) is 3.04. The monoisotopic (exact) mass is 265 g/mol. The van der Waals surface area contributed by atoms with Gasteiger partial charge in [0.1, 0.15) is 5.75 Å². The summed E-state index contributed by atoms with van der Waals surface area (Å²) in [5, 5.41) is 9.13. The first-order chi connectivity index (χ1) is 7.18. The Kier molecular flexibility index (Phi) is 2.60. The van der Waals surface area contributed by atoms with Gasteiger partial charge in [0, 0.05) is 16.7 Å². The molecular weight excluding hydrogens is 258 g/mol. The van der Waals surface area contributed by atoms with E-state index in [9.17, 15) is 4.79 Å². The summed E-state index contributed by atoms with van der Waals surface area (Å²) in [6.45, 7) is 0. The molecule has 0 spiro atoms. The molecule has 0 aliphatic carbocycles. The molecule has 0 fully saturated rings. The quantitative estimate of drug-likeness (QED) is 0.860. The van der Waals surface area contributed by atoms with Crippen LogP contribution in [0.15, 0.2) is 51.9 Å². The lowest BCUT2D eigenvalue weighted by molar-refractivity contribution is 0.473. The standard InChI is InChI=1S/C11H8BrNO2/c12-9-3-1-2-4-10(9)13-6-5-8(14)7-11(13)15/h1-7,14H. The van der Waals surface area contributed by atoms with Gasteiger partial charge in [-0.15, -0.1) is 0 Å². The molecule has 3 nitrogen and oxygen atoms in total. The van der Waals surface area contributed by atoms with Gasteiger partial charge in [-0.1, -0.05) is 12.1 Å². The normalized spacial score (nSPS) is 10.2. The van der Waals surface area contributed by atoms with Crippen LogP contribution in [0.5, 0.6) is 5.75 Å². The van der Waals surface area contributed by atoms with E-state index in [4.69, 9.17) is 5.11 Å². The number of rotatable bonds is 1. The molecule has 1 aromatic carbocycles. The van der Waals surface area contributed by atoms with E-state index >= 15 is 0 Å². The highest BCUT2D eigenvalue weighted by Gasteiger charge is 2.03. The van der Waals surface area contributed by atoms with E-state index in [0.29, 0.717) is 0 Å². The van der Waals surface area contributed by atoms with Crippen LogP contribution in [-0.2, 0) is 0 Å². The number of aromatic hydroxyl groups is 1. The second-order valence-corrected chi connectivity index (χ2v) is 3.90. The second kappa shape index (κ2) is 3.90. The van der Waals surface area contributed by atoms with Crippen molar-refractivity contribution in [2.45, 2.75) is 0 Å².